The zero-order valence-electron chi connectivity index (χ0n) is 11.5. The van der Waals surface area contributed by atoms with Gasteiger partial charge in [-0.15, -0.1) is 0 Å². The predicted octanol–water partition coefficient (Wildman–Crippen LogP) is 1.51. The summed E-state index contributed by atoms with van der Waals surface area (Å²) in [6.45, 7) is 4.33. The van der Waals surface area contributed by atoms with Crippen LogP contribution in [0.3, 0.4) is 0 Å². The Kier molecular flexibility index (Phi) is 4.79. The second kappa shape index (κ2) is 6.14. The van der Waals surface area contributed by atoms with Crippen LogP contribution in [0.25, 0.3) is 0 Å². The molecule has 0 spiro atoms. The summed E-state index contributed by atoms with van der Waals surface area (Å²) in [5.41, 5.74) is -0.572. The predicted molar refractivity (Wildman–Crippen MR) is 70.9 cm³/mol. The normalized spacial score (nSPS) is 13.2. The molecule has 0 saturated heterocycles. The Bertz CT molecular complexity index is 526. The smallest absolute Gasteiger partial charge is 0.303 e. The number of nitro benzene ring substituents is 1. The molecule has 0 heterocycles. The Morgan fingerprint density at radius 3 is 2.25 bits per heavy atom. The summed E-state index contributed by atoms with van der Waals surface area (Å²) in [6, 6.07) is 5.65. The number of rotatable bonds is 5. The molecular formula is C13H16N2O5. The minimum absolute atomic E-state index is 0.0570. The molecule has 0 aliphatic heterocycles. The number of hydrogen-bond acceptors (Lipinski definition) is 5. The standard InChI is InChI=1S/C13H16N2O5/c1-9(16)14-8-13(3,20-10(2)17)11-4-6-12(7-5-11)15(18)19/h4-7H,8H2,1-3H3,(H,14,16)/t13-/m1/s1. The second-order valence-electron chi connectivity index (χ2n) is 4.54. The molecule has 0 radical (unpaired) electrons. The van der Waals surface area contributed by atoms with Gasteiger partial charge in [0, 0.05) is 26.0 Å². The summed E-state index contributed by atoms with van der Waals surface area (Å²) in [4.78, 5) is 32.3. The molecule has 0 aliphatic rings. The Labute approximate surface area is 116 Å². The molecule has 7 nitrogen and oxygen atoms in total. The van der Waals surface area contributed by atoms with Gasteiger partial charge in [0.05, 0.1) is 11.5 Å². The van der Waals surface area contributed by atoms with Crippen molar-refractivity contribution in [3.05, 3.63) is 39.9 Å². The highest BCUT2D eigenvalue weighted by Crippen LogP contribution is 2.26. The van der Waals surface area contributed by atoms with Crippen LogP contribution in [0.5, 0.6) is 0 Å². The molecule has 1 amide bonds. The fourth-order valence-electron chi connectivity index (χ4n) is 1.74. The van der Waals surface area contributed by atoms with Crippen molar-refractivity contribution in [2.24, 2.45) is 0 Å². The van der Waals surface area contributed by atoms with Gasteiger partial charge in [-0.3, -0.25) is 19.7 Å². The van der Waals surface area contributed by atoms with Gasteiger partial charge in [0.15, 0.2) is 5.60 Å². The van der Waals surface area contributed by atoms with E-state index >= 15 is 0 Å². The number of nitrogens with zero attached hydrogens (tertiary/aromatic N) is 1. The topological polar surface area (TPSA) is 98.5 Å². The van der Waals surface area contributed by atoms with Gasteiger partial charge >= 0.3 is 5.97 Å². The van der Waals surface area contributed by atoms with Crippen molar-refractivity contribution in [2.75, 3.05) is 6.54 Å². The van der Waals surface area contributed by atoms with E-state index in [0.29, 0.717) is 5.56 Å². The zero-order valence-corrected chi connectivity index (χ0v) is 11.5. The van der Waals surface area contributed by atoms with Gasteiger partial charge in [-0.2, -0.15) is 0 Å². The first-order chi connectivity index (χ1) is 9.24. The van der Waals surface area contributed by atoms with Gasteiger partial charge in [0.2, 0.25) is 5.91 Å². The van der Waals surface area contributed by atoms with E-state index in [1.54, 1.807) is 6.92 Å². The van der Waals surface area contributed by atoms with Crippen LogP contribution in [-0.4, -0.2) is 23.3 Å². The summed E-state index contributed by atoms with van der Waals surface area (Å²) in [7, 11) is 0. The molecule has 0 aliphatic carbocycles. The van der Waals surface area contributed by atoms with E-state index in [0.717, 1.165) is 0 Å². The average Bonchev–Trinajstić information content (AvgIpc) is 2.36. The molecule has 0 unspecified atom stereocenters. The Morgan fingerprint density at radius 2 is 1.85 bits per heavy atom. The lowest BCUT2D eigenvalue weighted by molar-refractivity contribution is -0.384. The highest BCUT2D eigenvalue weighted by atomic mass is 16.6. The molecular weight excluding hydrogens is 264 g/mol. The molecule has 1 aromatic rings. The number of benzene rings is 1. The second-order valence-corrected chi connectivity index (χ2v) is 4.54. The van der Waals surface area contributed by atoms with E-state index < -0.39 is 16.5 Å². The molecule has 0 fully saturated rings. The van der Waals surface area contributed by atoms with E-state index in [1.165, 1.54) is 38.1 Å². The monoisotopic (exact) mass is 280 g/mol. The molecule has 20 heavy (non-hydrogen) atoms. The fraction of sp³-hybridized carbons (Fsp3) is 0.385. The van der Waals surface area contributed by atoms with Gasteiger partial charge < -0.3 is 10.1 Å². The minimum atomic E-state index is -1.08. The van der Waals surface area contributed by atoms with Crippen molar-refractivity contribution in [1.29, 1.82) is 0 Å². The quantitative estimate of drug-likeness (QED) is 0.500. The van der Waals surface area contributed by atoms with Crippen LogP contribution < -0.4 is 5.32 Å². The highest BCUT2D eigenvalue weighted by molar-refractivity contribution is 5.73. The molecule has 108 valence electrons. The third kappa shape index (κ3) is 4.04. The van der Waals surface area contributed by atoms with Gasteiger partial charge in [-0.05, 0) is 24.6 Å². The first-order valence-corrected chi connectivity index (χ1v) is 5.93. The van der Waals surface area contributed by atoms with Crippen molar-refractivity contribution < 1.29 is 19.2 Å². The molecule has 0 aromatic heterocycles. The van der Waals surface area contributed by atoms with Crippen LogP contribution in [-0.2, 0) is 19.9 Å². The number of carbonyl (C=O) groups is 2. The third-order valence-electron chi connectivity index (χ3n) is 2.73. The van der Waals surface area contributed by atoms with E-state index in [4.69, 9.17) is 4.74 Å². The third-order valence-corrected chi connectivity index (χ3v) is 2.73. The number of ether oxygens (including phenoxy) is 1. The van der Waals surface area contributed by atoms with E-state index in [9.17, 15) is 19.7 Å². The maximum Gasteiger partial charge on any atom is 0.303 e. The van der Waals surface area contributed by atoms with Crippen LogP contribution in [0.1, 0.15) is 26.3 Å². The number of carbonyl (C=O) groups excluding carboxylic acids is 2. The van der Waals surface area contributed by atoms with Crippen molar-refractivity contribution >= 4 is 17.6 Å². The summed E-state index contributed by atoms with van der Waals surface area (Å²) in [5.74, 6) is -0.763. The van der Waals surface area contributed by atoms with Crippen molar-refractivity contribution in [3.8, 4) is 0 Å². The maximum atomic E-state index is 11.2. The first-order valence-electron chi connectivity index (χ1n) is 5.93. The molecule has 7 heteroatoms. The SMILES string of the molecule is CC(=O)NC[C@@](C)(OC(C)=O)c1ccc([N+](=O)[O-])cc1. The van der Waals surface area contributed by atoms with Crippen molar-refractivity contribution in [1.82, 2.24) is 5.32 Å². The maximum absolute atomic E-state index is 11.2. The van der Waals surface area contributed by atoms with Crippen molar-refractivity contribution in [3.63, 3.8) is 0 Å². The summed E-state index contributed by atoms with van der Waals surface area (Å²) in [5, 5.41) is 13.2. The lowest BCUT2D eigenvalue weighted by Gasteiger charge is -2.29. The Balaban J connectivity index is 3.05. The first kappa shape index (κ1) is 15.6. The van der Waals surface area contributed by atoms with Crippen LogP contribution in [0.2, 0.25) is 0 Å². The van der Waals surface area contributed by atoms with Crippen LogP contribution >= 0.6 is 0 Å². The molecule has 1 rings (SSSR count). The van der Waals surface area contributed by atoms with Crippen LogP contribution in [0.15, 0.2) is 24.3 Å². The van der Waals surface area contributed by atoms with Crippen LogP contribution in [0.4, 0.5) is 5.69 Å². The lowest BCUT2D eigenvalue weighted by Crippen LogP contribution is -2.41. The number of amides is 1. The average molecular weight is 280 g/mol. The summed E-state index contributed by atoms with van der Waals surface area (Å²) in [6.07, 6.45) is 0. The fourth-order valence-corrected chi connectivity index (χ4v) is 1.74. The van der Waals surface area contributed by atoms with Gasteiger partial charge in [0.1, 0.15) is 0 Å². The Hall–Kier alpha value is -2.44. The number of non-ortho nitro benzene ring substituents is 1. The number of esters is 1. The Morgan fingerprint density at radius 1 is 1.30 bits per heavy atom. The number of hydrogen-bond donors (Lipinski definition) is 1. The molecule has 0 saturated carbocycles. The lowest BCUT2D eigenvalue weighted by atomic mass is 9.95. The number of nitro groups is 1. The molecule has 1 atom stereocenters. The number of nitrogens with one attached hydrogen (secondary N) is 1. The van der Waals surface area contributed by atoms with E-state index in [1.807, 2.05) is 0 Å². The van der Waals surface area contributed by atoms with Gasteiger partial charge in [0.25, 0.3) is 5.69 Å². The van der Waals surface area contributed by atoms with E-state index in [-0.39, 0.29) is 18.1 Å². The zero-order chi connectivity index (χ0) is 15.3. The van der Waals surface area contributed by atoms with Gasteiger partial charge in [-0.1, -0.05) is 0 Å². The minimum Gasteiger partial charge on any atom is -0.453 e. The molecule has 0 bridgehead atoms. The summed E-state index contributed by atoms with van der Waals surface area (Å²) >= 11 is 0. The van der Waals surface area contributed by atoms with Crippen molar-refractivity contribution in [2.45, 2.75) is 26.4 Å². The molecule has 1 N–H and O–H groups in total. The largest absolute Gasteiger partial charge is 0.453 e. The van der Waals surface area contributed by atoms with Gasteiger partial charge in [-0.25, -0.2) is 0 Å². The van der Waals surface area contributed by atoms with E-state index in [2.05, 4.69) is 5.32 Å². The molecule has 1 aromatic carbocycles. The summed E-state index contributed by atoms with van der Waals surface area (Å²) < 4.78 is 5.25. The van der Waals surface area contributed by atoms with Crippen LogP contribution in [0, 0.1) is 10.1 Å². The highest BCUT2D eigenvalue weighted by Gasteiger charge is 2.30.